The topological polar surface area (TPSA) is 237 Å². The van der Waals surface area contributed by atoms with Crippen molar-refractivity contribution < 1.29 is 80.2 Å². The van der Waals surface area contributed by atoms with Gasteiger partial charge in [0.2, 0.25) is 0 Å². The molecule has 0 heterocycles. The van der Waals surface area contributed by atoms with Gasteiger partial charge in [-0.2, -0.15) is 0 Å². The van der Waals surface area contributed by atoms with Crippen LogP contribution in [0.2, 0.25) is 0 Å². The fraction of sp³-hybridized carbons (Fsp3) is 0.948. The van der Waals surface area contributed by atoms with Crippen molar-refractivity contribution in [3.8, 4) is 0 Å². The summed E-state index contributed by atoms with van der Waals surface area (Å²) in [5.41, 5.74) is 0. The number of rotatable bonds is 74. The molecule has 19 heteroatoms. The van der Waals surface area contributed by atoms with Gasteiger partial charge in [0.1, 0.15) is 19.3 Å². The molecule has 0 bridgehead atoms. The Balaban J connectivity index is 5.21. The van der Waals surface area contributed by atoms with E-state index < -0.39 is 97.5 Å². The number of unbranched alkanes of at least 4 members (excludes halogenated alkanes) is 40. The van der Waals surface area contributed by atoms with Crippen LogP contribution in [0, 0.1) is 23.7 Å². The first-order valence-corrected chi connectivity index (χ1v) is 42.7. The number of hydrogen-bond donors (Lipinski definition) is 3. The summed E-state index contributed by atoms with van der Waals surface area (Å²) < 4.78 is 68.5. The zero-order valence-electron chi connectivity index (χ0n) is 63.0. The van der Waals surface area contributed by atoms with Crippen molar-refractivity contribution in [2.24, 2.45) is 23.7 Å². The van der Waals surface area contributed by atoms with Crippen LogP contribution in [-0.4, -0.2) is 96.7 Å². The van der Waals surface area contributed by atoms with E-state index in [1.54, 1.807) is 0 Å². The summed E-state index contributed by atoms with van der Waals surface area (Å²) in [4.78, 5) is 72.8. The molecule has 5 atom stereocenters. The molecule has 0 radical (unpaired) electrons. The number of ether oxygens (including phenoxy) is 4. The first kappa shape index (κ1) is 94.1. The molecule has 96 heavy (non-hydrogen) atoms. The van der Waals surface area contributed by atoms with Gasteiger partial charge in [0.15, 0.2) is 12.2 Å². The predicted octanol–water partition coefficient (Wildman–Crippen LogP) is 22.4. The van der Waals surface area contributed by atoms with Crippen molar-refractivity contribution in [3.05, 3.63) is 0 Å². The Morgan fingerprint density at radius 1 is 0.260 bits per heavy atom. The van der Waals surface area contributed by atoms with Crippen LogP contribution in [-0.2, 0) is 65.4 Å². The van der Waals surface area contributed by atoms with Crippen LogP contribution >= 0.6 is 15.6 Å². The van der Waals surface area contributed by atoms with Crippen molar-refractivity contribution in [2.75, 3.05) is 39.6 Å². The zero-order chi connectivity index (χ0) is 71.0. The third kappa shape index (κ3) is 70.5. The third-order valence-corrected chi connectivity index (χ3v) is 19.7. The van der Waals surface area contributed by atoms with Gasteiger partial charge in [-0.15, -0.1) is 0 Å². The summed E-state index contributed by atoms with van der Waals surface area (Å²) in [6, 6.07) is 0. The summed E-state index contributed by atoms with van der Waals surface area (Å²) in [5, 5.41) is 10.6. The Bertz CT molecular complexity index is 1880. The van der Waals surface area contributed by atoms with Crippen molar-refractivity contribution in [1.82, 2.24) is 0 Å². The van der Waals surface area contributed by atoms with Gasteiger partial charge in [-0.05, 0) is 49.4 Å². The lowest BCUT2D eigenvalue weighted by molar-refractivity contribution is -0.161. The van der Waals surface area contributed by atoms with Crippen molar-refractivity contribution in [1.29, 1.82) is 0 Å². The molecular formula is C77H150O17P2. The molecule has 0 saturated carbocycles. The van der Waals surface area contributed by atoms with E-state index in [-0.39, 0.29) is 25.7 Å². The summed E-state index contributed by atoms with van der Waals surface area (Å²) in [5.74, 6) is 0.901. The number of phosphoric acid groups is 2. The summed E-state index contributed by atoms with van der Waals surface area (Å²) >= 11 is 0. The number of hydrogen-bond acceptors (Lipinski definition) is 15. The largest absolute Gasteiger partial charge is 0.472 e. The molecule has 0 saturated heterocycles. The highest BCUT2D eigenvalue weighted by Crippen LogP contribution is 2.45. The Kier molecular flexibility index (Phi) is 65.0. The summed E-state index contributed by atoms with van der Waals surface area (Å²) in [6.45, 7) is 14.2. The van der Waals surface area contributed by atoms with Gasteiger partial charge < -0.3 is 33.8 Å². The molecule has 0 fully saturated rings. The Morgan fingerprint density at radius 2 is 0.438 bits per heavy atom. The van der Waals surface area contributed by atoms with Crippen LogP contribution < -0.4 is 0 Å². The zero-order valence-corrected chi connectivity index (χ0v) is 64.8. The molecule has 3 N–H and O–H groups in total. The van der Waals surface area contributed by atoms with Crippen LogP contribution in [0.15, 0.2) is 0 Å². The minimum absolute atomic E-state index is 0.105. The number of phosphoric ester groups is 2. The number of esters is 4. The van der Waals surface area contributed by atoms with Crippen molar-refractivity contribution in [2.45, 2.75) is 408 Å². The smallest absolute Gasteiger partial charge is 0.462 e. The Labute approximate surface area is 588 Å². The van der Waals surface area contributed by atoms with Crippen LogP contribution in [0.4, 0.5) is 0 Å². The Morgan fingerprint density at radius 3 is 0.646 bits per heavy atom. The molecule has 3 unspecified atom stereocenters. The van der Waals surface area contributed by atoms with E-state index in [4.69, 9.17) is 37.0 Å². The summed E-state index contributed by atoms with van der Waals surface area (Å²) in [7, 11) is -9.91. The second-order valence-electron chi connectivity index (χ2n) is 29.7. The van der Waals surface area contributed by atoms with Gasteiger partial charge in [0.05, 0.1) is 26.4 Å². The minimum Gasteiger partial charge on any atom is -0.462 e. The fourth-order valence-corrected chi connectivity index (χ4v) is 13.3. The number of aliphatic hydroxyl groups is 1. The second kappa shape index (κ2) is 66.3. The standard InChI is InChI=1S/C77H150O17P2/c1-67(2)53-45-37-29-23-17-13-11-9-10-12-14-20-27-33-43-51-59-76(81)94-73(64-88-75(80)58-50-42-36-35-40-48-56-70(7)8)66-92-96(85,86)90-62-71(78)61-89-95(83,84)91-65-72(93-77(82)60-52-44-34-28-22-21-25-31-39-47-55-69(5)6)63-87-74(79)57-49-41-32-26-19-16-15-18-24-30-38-46-54-68(3)4/h67-73,78H,9-66H2,1-8H3,(H,83,84)(H,85,86)/t71?,72-,73-/m1/s1. The number of aliphatic hydroxyl groups excluding tert-OH is 1. The molecule has 0 aromatic rings. The predicted molar refractivity (Wildman–Crippen MR) is 391 cm³/mol. The average Bonchev–Trinajstić information content (AvgIpc) is 1.50. The first-order valence-electron chi connectivity index (χ1n) is 39.7. The van der Waals surface area contributed by atoms with E-state index in [0.29, 0.717) is 31.6 Å². The van der Waals surface area contributed by atoms with Crippen LogP contribution in [0.3, 0.4) is 0 Å². The van der Waals surface area contributed by atoms with Gasteiger partial charge in [0, 0.05) is 25.7 Å². The molecule has 17 nitrogen and oxygen atoms in total. The molecule has 0 aliphatic heterocycles. The van der Waals surface area contributed by atoms with Gasteiger partial charge in [-0.25, -0.2) is 9.13 Å². The van der Waals surface area contributed by atoms with E-state index in [1.807, 2.05) is 0 Å². The van der Waals surface area contributed by atoms with E-state index in [2.05, 4.69) is 55.4 Å². The molecular weight excluding hydrogens is 1260 g/mol. The number of carbonyl (C=O) groups is 4. The van der Waals surface area contributed by atoms with E-state index in [0.717, 1.165) is 114 Å². The van der Waals surface area contributed by atoms with E-state index in [9.17, 15) is 43.2 Å². The van der Waals surface area contributed by atoms with Crippen molar-refractivity contribution in [3.63, 3.8) is 0 Å². The molecule has 0 aliphatic carbocycles. The molecule has 0 spiro atoms. The number of carbonyl (C=O) groups excluding carboxylic acids is 4. The van der Waals surface area contributed by atoms with Crippen LogP contribution in [0.5, 0.6) is 0 Å². The normalized spacial score (nSPS) is 14.1. The first-order chi connectivity index (χ1) is 46.1. The lowest BCUT2D eigenvalue weighted by atomic mass is 10.0. The average molecular weight is 1410 g/mol. The Hall–Kier alpha value is -1.94. The fourth-order valence-electron chi connectivity index (χ4n) is 11.7. The van der Waals surface area contributed by atoms with Crippen LogP contribution in [0.25, 0.3) is 0 Å². The molecule has 0 aliphatic rings. The minimum atomic E-state index is -4.96. The lowest BCUT2D eigenvalue weighted by Gasteiger charge is -2.21. The van der Waals surface area contributed by atoms with Gasteiger partial charge >= 0.3 is 39.5 Å². The highest BCUT2D eigenvalue weighted by molar-refractivity contribution is 7.47. The van der Waals surface area contributed by atoms with Gasteiger partial charge in [-0.3, -0.25) is 37.3 Å². The quantitative estimate of drug-likeness (QED) is 0.0222. The molecule has 0 rings (SSSR count). The van der Waals surface area contributed by atoms with Gasteiger partial charge in [0.25, 0.3) is 0 Å². The van der Waals surface area contributed by atoms with Crippen molar-refractivity contribution >= 4 is 39.5 Å². The highest BCUT2D eigenvalue weighted by atomic mass is 31.2. The highest BCUT2D eigenvalue weighted by Gasteiger charge is 2.30. The molecule has 570 valence electrons. The van der Waals surface area contributed by atoms with E-state index >= 15 is 0 Å². The maximum Gasteiger partial charge on any atom is 0.472 e. The monoisotopic (exact) mass is 1410 g/mol. The summed E-state index contributed by atoms with van der Waals surface area (Å²) in [6.07, 6.45) is 51.5. The van der Waals surface area contributed by atoms with E-state index in [1.165, 1.54) is 186 Å². The maximum absolute atomic E-state index is 13.1. The van der Waals surface area contributed by atoms with Crippen LogP contribution in [0.1, 0.15) is 389 Å². The molecule has 0 aromatic heterocycles. The molecule has 0 aromatic carbocycles. The SMILES string of the molecule is CC(C)CCCCCCCCCCCCCCCCCCC(=O)O[C@H](COC(=O)CCCCCCCCC(C)C)COP(=O)(O)OCC(O)COP(=O)(O)OC[C@@H](COC(=O)CCCCCCCCCCCCCCC(C)C)OC(=O)CCCCCCCCCCCCC(C)C. The molecule has 0 amide bonds. The van der Waals surface area contributed by atoms with Gasteiger partial charge in [-0.1, -0.05) is 338 Å². The maximum atomic E-state index is 13.1. The lowest BCUT2D eigenvalue weighted by Crippen LogP contribution is -2.30. The second-order valence-corrected chi connectivity index (χ2v) is 32.6. The third-order valence-electron chi connectivity index (χ3n) is 17.8.